The molecule has 0 saturated carbocycles. The third-order valence-corrected chi connectivity index (χ3v) is 4.31. The molecule has 3 aromatic carbocycles. The van der Waals surface area contributed by atoms with E-state index in [1.807, 2.05) is 19.1 Å². The Balaban J connectivity index is 1.86. The first-order valence-corrected chi connectivity index (χ1v) is 9.50. The topological polar surface area (TPSA) is 64.6 Å². The lowest BCUT2D eigenvalue weighted by Crippen LogP contribution is -2.26. The minimum absolute atomic E-state index is 0.265. The molecule has 3 rings (SSSR count). The normalized spacial score (nSPS) is 11.4. The van der Waals surface area contributed by atoms with Crippen molar-refractivity contribution in [3.63, 3.8) is 0 Å². The molecule has 1 N–H and O–H groups in total. The van der Waals surface area contributed by atoms with Crippen LogP contribution >= 0.6 is 11.6 Å². The van der Waals surface area contributed by atoms with Gasteiger partial charge in [-0.1, -0.05) is 60.1 Å². The van der Waals surface area contributed by atoms with Crippen molar-refractivity contribution >= 4 is 29.2 Å². The molecule has 1 unspecified atom stereocenters. The van der Waals surface area contributed by atoms with Gasteiger partial charge in [0.2, 0.25) is 6.10 Å². The van der Waals surface area contributed by atoms with Crippen LogP contribution in [0, 0.1) is 0 Å². The molecule has 0 saturated heterocycles. The predicted molar refractivity (Wildman–Crippen MR) is 112 cm³/mol. The summed E-state index contributed by atoms with van der Waals surface area (Å²) >= 11 is 5.96. The lowest BCUT2D eigenvalue weighted by Gasteiger charge is -2.19. The fourth-order valence-electron chi connectivity index (χ4n) is 2.74. The standard InChI is InChI=1S/C23H20ClNO4/c1-2-28-20-14-7-6-13-19(20)25-22(26)21(16-9-4-3-5-10-16)29-23(27)17-11-8-12-18(24)15-17/h3-15,21H,2H2,1H3,(H,25,26). The molecule has 1 atom stereocenters. The fraction of sp³-hybridized carbons (Fsp3) is 0.130. The van der Waals surface area contributed by atoms with Crippen molar-refractivity contribution in [2.24, 2.45) is 0 Å². The van der Waals surface area contributed by atoms with E-state index in [0.29, 0.717) is 28.6 Å². The fourth-order valence-corrected chi connectivity index (χ4v) is 2.93. The van der Waals surface area contributed by atoms with Crippen LogP contribution in [0.15, 0.2) is 78.9 Å². The second kappa shape index (κ2) is 9.75. The van der Waals surface area contributed by atoms with Gasteiger partial charge in [0.1, 0.15) is 5.75 Å². The van der Waals surface area contributed by atoms with Crippen molar-refractivity contribution in [1.82, 2.24) is 0 Å². The van der Waals surface area contributed by atoms with Gasteiger partial charge in [-0.05, 0) is 37.3 Å². The third-order valence-electron chi connectivity index (χ3n) is 4.07. The van der Waals surface area contributed by atoms with Crippen LogP contribution in [-0.4, -0.2) is 18.5 Å². The molecule has 1 amide bonds. The molecule has 148 valence electrons. The van der Waals surface area contributed by atoms with E-state index >= 15 is 0 Å². The minimum atomic E-state index is -1.14. The summed E-state index contributed by atoms with van der Waals surface area (Å²) in [6, 6.07) is 22.3. The number of hydrogen-bond acceptors (Lipinski definition) is 4. The van der Waals surface area contributed by atoms with Crippen LogP contribution < -0.4 is 10.1 Å². The Morgan fingerprint density at radius 2 is 1.69 bits per heavy atom. The second-order valence-corrected chi connectivity index (χ2v) is 6.56. The van der Waals surface area contributed by atoms with E-state index in [4.69, 9.17) is 21.1 Å². The van der Waals surface area contributed by atoms with Gasteiger partial charge in [-0.3, -0.25) is 4.79 Å². The second-order valence-electron chi connectivity index (χ2n) is 6.12. The average Bonchev–Trinajstić information content (AvgIpc) is 2.74. The number of esters is 1. The Morgan fingerprint density at radius 3 is 2.41 bits per heavy atom. The summed E-state index contributed by atoms with van der Waals surface area (Å²) in [6.45, 7) is 2.32. The van der Waals surface area contributed by atoms with Crippen LogP contribution in [0.4, 0.5) is 5.69 Å². The molecular formula is C23H20ClNO4. The van der Waals surface area contributed by atoms with Gasteiger partial charge in [-0.25, -0.2) is 4.79 Å². The van der Waals surface area contributed by atoms with Gasteiger partial charge < -0.3 is 14.8 Å². The van der Waals surface area contributed by atoms with Crippen LogP contribution in [0.25, 0.3) is 0 Å². The Labute approximate surface area is 174 Å². The zero-order chi connectivity index (χ0) is 20.6. The highest BCUT2D eigenvalue weighted by atomic mass is 35.5. The number of benzene rings is 3. The molecule has 5 nitrogen and oxygen atoms in total. The monoisotopic (exact) mass is 409 g/mol. The number of rotatable bonds is 7. The van der Waals surface area contributed by atoms with Gasteiger partial charge in [0.15, 0.2) is 0 Å². The van der Waals surface area contributed by atoms with Gasteiger partial charge >= 0.3 is 5.97 Å². The number of carbonyl (C=O) groups is 2. The SMILES string of the molecule is CCOc1ccccc1NC(=O)C(OC(=O)c1cccc(Cl)c1)c1ccccc1. The Bertz CT molecular complexity index is 991. The van der Waals surface area contributed by atoms with Crippen molar-refractivity contribution in [1.29, 1.82) is 0 Å². The number of anilines is 1. The van der Waals surface area contributed by atoms with Gasteiger partial charge in [0.05, 0.1) is 17.9 Å². The molecule has 0 heterocycles. The summed E-state index contributed by atoms with van der Waals surface area (Å²) in [5.41, 5.74) is 1.31. The molecule has 0 aliphatic carbocycles. The summed E-state index contributed by atoms with van der Waals surface area (Å²) < 4.78 is 11.1. The van der Waals surface area contributed by atoms with E-state index in [9.17, 15) is 9.59 Å². The lowest BCUT2D eigenvalue weighted by atomic mass is 10.1. The van der Waals surface area contributed by atoms with E-state index in [2.05, 4.69) is 5.32 Å². The van der Waals surface area contributed by atoms with Gasteiger partial charge in [-0.2, -0.15) is 0 Å². The van der Waals surface area contributed by atoms with Crippen molar-refractivity contribution in [2.75, 3.05) is 11.9 Å². The number of amides is 1. The van der Waals surface area contributed by atoms with Crippen LogP contribution in [0.2, 0.25) is 5.02 Å². The molecule has 0 aromatic heterocycles. The molecule has 0 aliphatic rings. The quantitative estimate of drug-likeness (QED) is 0.539. The lowest BCUT2D eigenvalue weighted by molar-refractivity contribution is -0.125. The maximum absolute atomic E-state index is 13.0. The van der Waals surface area contributed by atoms with E-state index in [1.54, 1.807) is 60.7 Å². The van der Waals surface area contributed by atoms with E-state index in [-0.39, 0.29) is 5.56 Å². The third kappa shape index (κ3) is 5.36. The number of ether oxygens (including phenoxy) is 2. The number of nitrogens with one attached hydrogen (secondary N) is 1. The molecule has 0 spiro atoms. The highest BCUT2D eigenvalue weighted by Gasteiger charge is 2.26. The van der Waals surface area contributed by atoms with Gasteiger partial charge in [-0.15, -0.1) is 0 Å². The first-order chi connectivity index (χ1) is 14.1. The summed E-state index contributed by atoms with van der Waals surface area (Å²) in [5.74, 6) is -0.593. The molecule has 29 heavy (non-hydrogen) atoms. The average molecular weight is 410 g/mol. The van der Waals surface area contributed by atoms with Crippen LogP contribution in [0.1, 0.15) is 28.9 Å². The molecule has 6 heteroatoms. The summed E-state index contributed by atoms with van der Waals surface area (Å²) in [4.78, 5) is 25.7. The summed E-state index contributed by atoms with van der Waals surface area (Å²) in [5, 5.41) is 3.20. The van der Waals surface area contributed by atoms with Crippen molar-refractivity contribution < 1.29 is 19.1 Å². The molecule has 0 aliphatic heterocycles. The number of hydrogen-bond donors (Lipinski definition) is 1. The maximum atomic E-state index is 13.0. The van der Waals surface area contributed by atoms with E-state index in [1.165, 1.54) is 6.07 Å². The maximum Gasteiger partial charge on any atom is 0.339 e. The van der Waals surface area contributed by atoms with Gasteiger partial charge in [0, 0.05) is 10.6 Å². The Hall–Kier alpha value is -3.31. The number of halogens is 1. The largest absolute Gasteiger partial charge is 0.492 e. The molecule has 0 radical (unpaired) electrons. The molecule has 3 aromatic rings. The van der Waals surface area contributed by atoms with Crippen molar-refractivity contribution in [3.05, 3.63) is 95.0 Å². The molecular weight excluding hydrogens is 390 g/mol. The van der Waals surface area contributed by atoms with Crippen molar-refractivity contribution in [3.8, 4) is 5.75 Å². The number of carbonyl (C=O) groups excluding carboxylic acids is 2. The van der Waals surface area contributed by atoms with Crippen LogP contribution in [0.3, 0.4) is 0 Å². The Kier molecular flexibility index (Phi) is 6.87. The van der Waals surface area contributed by atoms with Crippen LogP contribution in [-0.2, 0) is 9.53 Å². The zero-order valence-electron chi connectivity index (χ0n) is 15.8. The van der Waals surface area contributed by atoms with Crippen LogP contribution in [0.5, 0.6) is 5.75 Å². The predicted octanol–water partition coefficient (Wildman–Crippen LogP) is 5.28. The van der Waals surface area contributed by atoms with Crippen molar-refractivity contribution in [2.45, 2.75) is 13.0 Å². The van der Waals surface area contributed by atoms with E-state index < -0.39 is 18.0 Å². The smallest absolute Gasteiger partial charge is 0.339 e. The highest BCUT2D eigenvalue weighted by Crippen LogP contribution is 2.27. The molecule has 0 bridgehead atoms. The minimum Gasteiger partial charge on any atom is -0.492 e. The Morgan fingerprint density at radius 1 is 0.966 bits per heavy atom. The first-order valence-electron chi connectivity index (χ1n) is 9.12. The highest BCUT2D eigenvalue weighted by molar-refractivity contribution is 6.30. The summed E-state index contributed by atoms with van der Waals surface area (Å²) in [6.07, 6.45) is -1.14. The van der Waals surface area contributed by atoms with E-state index in [0.717, 1.165) is 0 Å². The summed E-state index contributed by atoms with van der Waals surface area (Å²) in [7, 11) is 0. The number of para-hydroxylation sites is 2. The zero-order valence-corrected chi connectivity index (χ0v) is 16.6. The first kappa shape index (κ1) is 20.4. The van der Waals surface area contributed by atoms with Gasteiger partial charge in [0.25, 0.3) is 5.91 Å². The molecule has 0 fully saturated rings.